The van der Waals surface area contributed by atoms with Crippen molar-refractivity contribution in [3.63, 3.8) is 0 Å². The molecule has 0 amide bonds. The largest absolute Gasteiger partial charge is 0.283 e. The van der Waals surface area contributed by atoms with Gasteiger partial charge in [0.15, 0.2) is 5.65 Å². The zero-order valence-corrected chi connectivity index (χ0v) is 13.5. The molecule has 2 aliphatic rings. The predicted molar refractivity (Wildman–Crippen MR) is 88.8 cm³/mol. The Balaban J connectivity index is 1.69. The first-order valence-electron chi connectivity index (χ1n) is 8.24. The monoisotopic (exact) mass is 324 g/mol. The fourth-order valence-electron chi connectivity index (χ4n) is 3.76. The molecule has 1 aromatic carbocycles. The Labute approximate surface area is 139 Å². The number of nitrogens with zero attached hydrogens (tertiary/aromatic N) is 4. The Morgan fingerprint density at radius 2 is 1.87 bits per heavy atom. The van der Waals surface area contributed by atoms with Crippen LogP contribution in [0.25, 0.3) is 5.65 Å². The molecule has 2 aromatic heterocycles. The number of hydrogen-bond acceptors (Lipinski definition) is 3. The lowest BCUT2D eigenvalue weighted by atomic mass is 9.64. The van der Waals surface area contributed by atoms with Crippen LogP contribution in [0, 0.1) is 0 Å². The van der Waals surface area contributed by atoms with Crippen molar-refractivity contribution in [3.8, 4) is 0 Å². The van der Waals surface area contributed by atoms with E-state index in [1.165, 1.54) is 24.8 Å². The fraction of sp³-hybridized carbons (Fsp3) is 0.389. The second kappa shape index (κ2) is 4.78. The summed E-state index contributed by atoms with van der Waals surface area (Å²) in [6.45, 7) is 0. The highest BCUT2D eigenvalue weighted by molar-refractivity contribution is 6.30. The van der Waals surface area contributed by atoms with E-state index in [0.29, 0.717) is 5.92 Å². The van der Waals surface area contributed by atoms with Crippen molar-refractivity contribution < 1.29 is 0 Å². The van der Waals surface area contributed by atoms with Crippen LogP contribution in [0.2, 0.25) is 5.02 Å². The number of fused-ring (bicyclic) bond motifs is 1. The van der Waals surface area contributed by atoms with Gasteiger partial charge in [0, 0.05) is 23.3 Å². The molecule has 4 nitrogen and oxygen atoms in total. The topological polar surface area (TPSA) is 43.1 Å². The lowest BCUT2D eigenvalue weighted by Crippen LogP contribution is -2.37. The summed E-state index contributed by atoms with van der Waals surface area (Å²) >= 11 is 6.06. The van der Waals surface area contributed by atoms with Crippen LogP contribution in [0.3, 0.4) is 0 Å². The van der Waals surface area contributed by atoms with Gasteiger partial charge in [0.1, 0.15) is 5.82 Å². The van der Waals surface area contributed by atoms with Crippen molar-refractivity contribution in [3.05, 3.63) is 58.8 Å². The molecule has 0 spiro atoms. The molecule has 0 aliphatic heterocycles. The second-order valence-electron chi connectivity index (χ2n) is 6.75. The van der Waals surface area contributed by atoms with Gasteiger partial charge in [-0.2, -0.15) is 0 Å². The molecule has 0 bridgehead atoms. The summed E-state index contributed by atoms with van der Waals surface area (Å²) < 4.78 is 2.16. The van der Waals surface area contributed by atoms with E-state index in [1.54, 1.807) is 0 Å². The highest BCUT2D eigenvalue weighted by Gasteiger charge is 2.44. The van der Waals surface area contributed by atoms with Crippen molar-refractivity contribution in [2.75, 3.05) is 0 Å². The molecular weight excluding hydrogens is 308 g/mol. The van der Waals surface area contributed by atoms with Gasteiger partial charge < -0.3 is 0 Å². The Bertz CT molecular complexity index is 876. The molecule has 116 valence electrons. The maximum absolute atomic E-state index is 6.06. The number of halogens is 1. The van der Waals surface area contributed by atoms with Gasteiger partial charge in [0.2, 0.25) is 0 Å². The van der Waals surface area contributed by atoms with Gasteiger partial charge in [-0.05, 0) is 43.4 Å². The van der Waals surface area contributed by atoms with Crippen molar-refractivity contribution in [1.29, 1.82) is 0 Å². The molecule has 0 saturated heterocycles. The van der Waals surface area contributed by atoms with Crippen molar-refractivity contribution in [2.24, 2.45) is 0 Å². The van der Waals surface area contributed by atoms with E-state index in [0.717, 1.165) is 35.0 Å². The SMILES string of the molecule is Clc1ccc(C2(c3nnc4c(C5CC5)nccn34)CCC2)cc1. The first kappa shape index (κ1) is 13.5. The van der Waals surface area contributed by atoms with Crippen molar-refractivity contribution in [1.82, 2.24) is 19.6 Å². The van der Waals surface area contributed by atoms with E-state index in [2.05, 4.69) is 31.7 Å². The summed E-state index contributed by atoms with van der Waals surface area (Å²) in [5.74, 6) is 1.62. The quantitative estimate of drug-likeness (QED) is 0.727. The molecule has 0 unspecified atom stereocenters. The lowest BCUT2D eigenvalue weighted by Gasteiger charge is -2.40. The van der Waals surface area contributed by atoms with Gasteiger partial charge in [0.25, 0.3) is 0 Å². The molecule has 2 aliphatic carbocycles. The summed E-state index contributed by atoms with van der Waals surface area (Å²) in [5, 5.41) is 9.87. The van der Waals surface area contributed by atoms with Gasteiger partial charge in [-0.1, -0.05) is 30.2 Å². The van der Waals surface area contributed by atoms with Crippen LogP contribution in [0.4, 0.5) is 0 Å². The third-order valence-corrected chi connectivity index (χ3v) is 5.60. The third-order valence-electron chi connectivity index (χ3n) is 5.35. The molecule has 3 aromatic rings. The molecule has 0 N–H and O–H groups in total. The van der Waals surface area contributed by atoms with E-state index >= 15 is 0 Å². The summed E-state index contributed by atoms with van der Waals surface area (Å²) in [7, 11) is 0. The van der Waals surface area contributed by atoms with E-state index in [1.807, 2.05) is 24.5 Å². The standard InChI is InChI=1S/C18H17ClN4/c19-14-6-4-13(5-7-14)18(8-1-9-18)17-22-21-16-15(12-2-3-12)20-10-11-23(16)17/h4-7,10-12H,1-3,8-9H2. The van der Waals surface area contributed by atoms with Crippen molar-refractivity contribution in [2.45, 2.75) is 43.4 Å². The summed E-state index contributed by atoms with van der Waals surface area (Å²) in [4.78, 5) is 4.55. The molecule has 2 heterocycles. The number of hydrogen-bond donors (Lipinski definition) is 0. The minimum absolute atomic E-state index is 0.0355. The first-order chi connectivity index (χ1) is 11.3. The number of benzene rings is 1. The molecule has 0 radical (unpaired) electrons. The normalized spacial score (nSPS) is 19.7. The Morgan fingerprint density at radius 3 is 2.52 bits per heavy atom. The molecule has 2 fully saturated rings. The minimum atomic E-state index is -0.0355. The molecule has 0 atom stereocenters. The average molecular weight is 325 g/mol. The Hall–Kier alpha value is -1.94. The molecule has 2 saturated carbocycles. The molecule has 5 rings (SSSR count). The second-order valence-corrected chi connectivity index (χ2v) is 7.18. The lowest BCUT2D eigenvalue weighted by molar-refractivity contribution is 0.283. The van der Waals surface area contributed by atoms with Crippen LogP contribution in [0.5, 0.6) is 0 Å². The van der Waals surface area contributed by atoms with E-state index < -0.39 is 0 Å². The Kier molecular flexibility index (Phi) is 2.80. The zero-order chi connectivity index (χ0) is 15.4. The van der Waals surface area contributed by atoms with Gasteiger partial charge in [-0.3, -0.25) is 9.38 Å². The van der Waals surface area contributed by atoms with Crippen molar-refractivity contribution >= 4 is 17.2 Å². The minimum Gasteiger partial charge on any atom is -0.283 e. The van der Waals surface area contributed by atoms with Gasteiger partial charge in [0.05, 0.1) is 11.1 Å². The van der Waals surface area contributed by atoms with Gasteiger partial charge in [-0.25, -0.2) is 0 Å². The molecule has 23 heavy (non-hydrogen) atoms. The van der Waals surface area contributed by atoms with E-state index in [4.69, 9.17) is 11.6 Å². The maximum atomic E-state index is 6.06. The highest BCUT2D eigenvalue weighted by atomic mass is 35.5. The zero-order valence-electron chi connectivity index (χ0n) is 12.7. The van der Waals surface area contributed by atoms with Crippen LogP contribution >= 0.6 is 11.6 Å². The van der Waals surface area contributed by atoms with Gasteiger partial charge >= 0.3 is 0 Å². The fourth-order valence-corrected chi connectivity index (χ4v) is 3.88. The van der Waals surface area contributed by atoms with Gasteiger partial charge in [-0.15, -0.1) is 10.2 Å². The van der Waals surface area contributed by atoms with Crippen LogP contribution in [-0.4, -0.2) is 19.6 Å². The highest BCUT2D eigenvalue weighted by Crippen LogP contribution is 2.49. The van der Waals surface area contributed by atoms with Crippen LogP contribution < -0.4 is 0 Å². The summed E-state index contributed by atoms with van der Waals surface area (Å²) in [6, 6.07) is 8.20. The average Bonchev–Trinajstić information content (AvgIpc) is 3.28. The predicted octanol–water partition coefficient (Wildman–Crippen LogP) is 4.13. The third kappa shape index (κ3) is 1.94. The van der Waals surface area contributed by atoms with Crippen LogP contribution in [0.1, 0.15) is 55.1 Å². The number of rotatable bonds is 3. The van der Waals surface area contributed by atoms with Crippen LogP contribution in [0.15, 0.2) is 36.7 Å². The van der Waals surface area contributed by atoms with E-state index in [-0.39, 0.29) is 5.41 Å². The smallest absolute Gasteiger partial charge is 0.182 e. The summed E-state index contributed by atoms with van der Waals surface area (Å²) in [5.41, 5.74) is 3.29. The Morgan fingerprint density at radius 1 is 1.09 bits per heavy atom. The van der Waals surface area contributed by atoms with Crippen LogP contribution in [-0.2, 0) is 5.41 Å². The molecule has 5 heteroatoms. The maximum Gasteiger partial charge on any atom is 0.182 e. The van der Waals surface area contributed by atoms with E-state index in [9.17, 15) is 0 Å². The molecular formula is C18H17ClN4. The summed E-state index contributed by atoms with van der Waals surface area (Å²) in [6.07, 6.45) is 9.77. The number of aromatic nitrogens is 4. The first-order valence-corrected chi connectivity index (χ1v) is 8.62.